The smallest absolute Gasteiger partial charge is 0.180 e. The summed E-state index contributed by atoms with van der Waals surface area (Å²) in [6, 6.07) is 3.45. The molecule has 0 amide bonds. The lowest BCUT2D eigenvalue weighted by molar-refractivity contribution is 0.100. The molecule has 3 rings (SSSR count). The van der Waals surface area contributed by atoms with E-state index >= 15 is 0 Å². The van der Waals surface area contributed by atoms with E-state index < -0.39 is 0 Å². The van der Waals surface area contributed by atoms with Crippen LogP contribution in [-0.4, -0.2) is 19.4 Å². The fraction of sp³-hybridized carbons (Fsp3) is 0.154. The number of benzene rings is 1. The number of hydrogen-bond acceptors (Lipinski definition) is 5. The molecule has 2 aromatic heterocycles. The zero-order valence-corrected chi connectivity index (χ0v) is 9.73. The third-order valence-corrected chi connectivity index (χ3v) is 2.95. The monoisotopic (exact) mass is 245 g/mol. The molecule has 0 fully saturated rings. The second kappa shape index (κ2) is 3.89. The first-order valence-electron chi connectivity index (χ1n) is 5.45. The summed E-state index contributed by atoms with van der Waals surface area (Å²) >= 11 is 0. The lowest BCUT2D eigenvalue weighted by Gasteiger charge is -2.06. The Morgan fingerprint density at radius 2 is 1.89 bits per heavy atom. The molecule has 2 heterocycles. The van der Waals surface area contributed by atoms with Gasteiger partial charge in [-0.05, 0) is 12.1 Å². The molecule has 0 aliphatic rings. The van der Waals surface area contributed by atoms with Gasteiger partial charge in [-0.15, -0.1) is 0 Å². The summed E-state index contributed by atoms with van der Waals surface area (Å²) in [6.45, 7) is -0.0809. The number of furan rings is 2. The second-order valence-electron chi connectivity index (χ2n) is 3.86. The van der Waals surface area contributed by atoms with Gasteiger partial charge < -0.3 is 19.3 Å². The number of carbonyl (C=O) groups excluding carboxylic acids is 1. The maximum Gasteiger partial charge on any atom is 0.180 e. The van der Waals surface area contributed by atoms with Crippen LogP contribution in [0.3, 0.4) is 0 Å². The lowest BCUT2D eigenvalue weighted by Crippen LogP contribution is -2.14. The molecule has 0 saturated carbocycles. The van der Waals surface area contributed by atoms with Gasteiger partial charge in [-0.25, -0.2) is 0 Å². The van der Waals surface area contributed by atoms with Gasteiger partial charge in [-0.2, -0.15) is 0 Å². The predicted octanol–water partition coefficient (Wildman–Crippen LogP) is 2.33. The molecule has 0 bridgehead atoms. The van der Waals surface area contributed by atoms with Crippen LogP contribution >= 0.6 is 0 Å². The van der Waals surface area contributed by atoms with Crippen LogP contribution < -0.4 is 10.5 Å². The number of nitrogens with two attached hydrogens (primary N) is 1. The molecule has 5 heteroatoms. The zero-order chi connectivity index (χ0) is 12.7. The highest BCUT2D eigenvalue weighted by molar-refractivity contribution is 6.19. The van der Waals surface area contributed by atoms with Gasteiger partial charge >= 0.3 is 0 Å². The van der Waals surface area contributed by atoms with Crippen LogP contribution in [0.1, 0.15) is 10.4 Å². The molecule has 0 spiro atoms. The Balaban J connectivity index is 2.54. The van der Waals surface area contributed by atoms with E-state index in [4.69, 9.17) is 19.3 Å². The predicted molar refractivity (Wildman–Crippen MR) is 65.9 cm³/mol. The summed E-state index contributed by atoms with van der Waals surface area (Å²) in [5.74, 6) is 0.372. The van der Waals surface area contributed by atoms with E-state index in [-0.39, 0.29) is 12.3 Å². The fourth-order valence-corrected chi connectivity index (χ4v) is 2.19. The van der Waals surface area contributed by atoms with Crippen LogP contribution in [0.5, 0.6) is 5.75 Å². The molecule has 0 unspecified atom stereocenters. The number of rotatable bonds is 3. The van der Waals surface area contributed by atoms with Crippen LogP contribution in [0.4, 0.5) is 0 Å². The first-order valence-corrected chi connectivity index (χ1v) is 5.45. The summed E-state index contributed by atoms with van der Waals surface area (Å²) in [5, 5.41) is 1.36. The first kappa shape index (κ1) is 10.9. The molecule has 0 aliphatic carbocycles. The van der Waals surface area contributed by atoms with Gasteiger partial charge in [0.05, 0.1) is 37.1 Å². The molecule has 0 atom stereocenters. The molecule has 92 valence electrons. The number of carbonyl (C=O) groups is 1. The topological polar surface area (TPSA) is 78.6 Å². The van der Waals surface area contributed by atoms with E-state index in [1.54, 1.807) is 19.2 Å². The van der Waals surface area contributed by atoms with Crippen molar-refractivity contribution in [3.05, 3.63) is 30.2 Å². The molecule has 3 aromatic rings. The first-order chi connectivity index (χ1) is 8.77. The third-order valence-electron chi connectivity index (χ3n) is 2.95. The van der Waals surface area contributed by atoms with E-state index in [0.29, 0.717) is 33.3 Å². The molecule has 18 heavy (non-hydrogen) atoms. The number of ketones is 1. The quantitative estimate of drug-likeness (QED) is 0.716. The molecule has 5 nitrogen and oxygen atoms in total. The minimum atomic E-state index is -0.191. The van der Waals surface area contributed by atoms with Crippen molar-refractivity contribution in [1.82, 2.24) is 0 Å². The highest BCUT2D eigenvalue weighted by Crippen LogP contribution is 2.39. The van der Waals surface area contributed by atoms with Crippen LogP contribution in [0.15, 0.2) is 33.5 Å². The van der Waals surface area contributed by atoms with Crippen molar-refractivity contribution in [1.29, 1.82) is 0 Å². The summed E-state index contributed by atoms with van der Waals surface area (Å²) in [4.78, 5) is 12.0. The summed E-state index contributed by atoms with van der Waals surface area (Å²) in [6.07, 6.45) is 3.03. The van der Waals surface area contributed by atoms with Gasteiger partial charge in [-0.1, -0.05) is 0 Å². The fourth-order valence-electron chi connectivity index (χ4n) is 2.19. The average molecular weight is 245 g/mol. The highest BCUT2D eigenvalue weighted by atomic mass is 16.5. The minimum absolute atomic E-state index is 0.0809. The molecule has 0 saturated heterocycles. The van der Waals surface area contributed by atoms with Crippen LogP contribution in [0.25, 0.3) is 21.9 Å². The van der Waals surface area contributed by atoms with Gasteiger partial charge in [0.1, 0.15) is 5.58 Å². The Bertz CT molecular complexity index is 686. The van der Waals surface area contributed by atoms with E-state index in [2.05, 4.69) is 0 Å². The number of methoxy groups -OCH3 is 1. The van der Waals surface area contributed by atoms with Gasteiger partial charge in [0.15, 0.2) is 17.1 Å². The van der Waals surface area contributed by atoms with Crippen LogP contribution in [-0.2, 0) is 0 Å². The van der Waals surface area contributed by atoms with Gasteiger partial charge in [0, 0.05) is 5.39 Å². The largest absolute Gasteiger partial charge is 0.492 e. The van der Waals surface area contributed by atoms with Crippen molar-refractivity contribution in [3.8, 4) is 5.75 Å². The SMILES string of the molecule is COc1c2ccoc2c(C(=O)CN)c2ccoc12. The van der Waals surface area contributed by atoms with Crippen molar-refractivity contribution < 1.29 is 18.4 Å². The number of fused-ring (bicyclic) bond motifs is 2. The van der Waals surface area contributed by atoms with Gasteiger partial charge in [0.2, 0.25) is 0 Å². The molecular formula is C13H11NO4. The van der Waals surface area contributed by atoms with Crippen LogP contribution in [0.2, 0.25) is 0 Å². The Morgan fingerprint density at radius 1 is 1.22 bits per heavy atom. The van der Waals surface area contributed by atoms with Crippen molar-refractivity contribution in [2.24, 2.45) is 5.73 Å². The molecule has 0 aliphatic heterocycles. The van der Waals surface area contributed by atoms with Crippen molar-refractivity contribution in [3.63, 3.8) is 0 Å². The van der Waals surface area contributed by atoms with Crippen molar-refractivity contribution in [2.45, 2.75) is 0 Å². The minimum Gasteiger partial charge on any atom is -0.492 e. The third kappa shape index (κ3) is 1.28. The molecule has 0 radical (unpaired) electrons. The Kier molecular flexibility index (Phi) is 2.34. The van der Waals surface area contributed by atoms with Crippen molar-refractivity contribution in [2.75, 3.05) is 13.7 Å². The molecular weight excluding hydrogens is 234 g/mol. The van der Waals surface area contributed by atoms with E-state index in [1.165, 1.54) is 12.5 Å². The highest BCUT2D eigenvalue weighted by Gasteiger charge is 2.22. The zero-order valence-electron chi connectivity index (χ0n) is 9.73. The molecule has 2 N–H and O–H groups in total. The second-order valence-corrected chi connectivity index (χ2v) is 3.86. The van der Waals surface area contributed by atoms with Gasteiger partial charge in [-0.3, -0.25) is 4.79 Å². The normalized spacial score (nSPS) is 11.2. The Morgan fingerprint density at radius 3 is 2.56 bits per heavy atom. The number of ether oxygens (including phenoxy) is 1. The van der Waals surface area contributed by atoms with Crippen LogP contribution in [0, 0.1) is 0 Å². The van der Waals surface area contributed by atoms with Gasteiger partial charge in [0.25, 0.3) is 0 Å². The lowest BCUT2D eigenvalue weighted by atomic mass is 10.0. The Hall–Kier alpha value is -2.27. The summed E-state index contributed by atoms with van der Waals surface area (Å²) < 4.78 is 16.1. The number of Topliss-reactive ketones (excluding diaryl/α,β-unsaturated/α-hetero) is 1. The maximum absolute atomic E-state index is 12.0. The summed E-state index contributed by atoms with van der Waals surface area (Å²) in [7, 11) is 1.55. The maximum atomic E-state index is 12.0. The van der Waals surface area contributed by atoms with E-state index in [1.807, 2.05) is 0 Å². The Labute approximate surface area is 102 Å². The standard InChI is InChI=1S/C13H11NO4/c1-16-12-8-3-5-17-11(8)10(9(15)6-14)7-2-4-18-13(7)12/h2-5H,6,14H2,1H3. The molecule has 1 aromatic carbocycles. The number of hydrogen-bond donors (Lipinski definition) is 1. The van der Waals surface area contributed by atoms with E-state index in [0.717, 1.165) is 0 Å². The summed E-state index contributed by atoms with van der Waals surface area (Å²) in [5.41, 5.74) is 6.90. The average Bonchev–Trinajstić information content (AvgIpc) is 3.02. The van der Waals surface area contributed by atoms with E-state index in [9.17, 15) is 4.79 Å². The van der Waals surface area contributed by atoms with Crippen molar-refractivity contribution >= 4 is 27.7 Å².